The Labute approximate surface area is 120 Å². The van der Waals surface area contributed by atoms with E-state index in [-0.39, 0.29) is 18.0 Å². The Morgan fingerprint density at radius 2 is 2.28 bits per heavy atom. The van der Waals surface area contributed by atoms with E-state index in [9.17, 15) is 4.79 Å². The van der Waals surface area contributed by atoms with E-state index in [0.717, 1.165) is 14.6 Å². The van der Waals surface area contributed by atoms with Crippen LogP contribution in [0.4, 0.5) is 5.69 Å². The van der Waals surface area contributed by atoms with Gasteiger partial charge in [0.25, 0.3) is 0 Å². The summed E-state index contributed by atoms with van der Waals surface area (Å²) in [5.74, 6) is -0.00741. The number of carbonyl (C=O) groups is 1. The maximum Gasteiger partial charge on any atom is 0.235 e. The van der Waals surface area contributed by atoms with Crippen molar-refractivity contribution in [1.29, 1.82) is 0 Å². The quantitative estimate of drug-likeness (QED) is 0.707. The van der Waals surface area contributed by atoms with Crippen molar-refractivity contribution < 1.29 is 14.3 Å². The molecule has 0 N–H and O–H groups in total. The fraction of sp³-hybridized carbons (Fsp3) is 0.417. The summed E-state index contributed by atoms with van der Waals surface area (Å²) in [5, 5.41) is 0. The van der Waals surface area contributed by atoms with Crippen LogP contribution in [0.5, 0.6) is 0 Å². The van der Waals surface area contributed by atoms with Gasteiger partial charge in [0.1, 0.15) is 12.2 Å². The number of anilines is 1. The van der Waals surface area contributed by atoms with Crippen LogP contribution in [0.25, 0.3) is 0 Å². The minimum atomic E-state index is -0.948. The third-order valence-electron chi connectivity index (χ3n) is 3.91. The molecule has 4 nitrogen and oxygen atoms in total. The molecule has 1 aromatic carbocycles. The van der Waals surface area contributed by atoms with E-state index in [1.165, 1.54) is 0 Å². The van der Waals surface area contributed by atoms with Crippen LogP contribution in [0.3, 0.4) is 0 Å². The monoisotopic (exact) mass is 373 g/mol. The lowest BCUT2D eigenvalue weighted by molar-refractivity contribution is -0.0104. The molecule has 0 aromatic heterocycles. The van der Waals surface area contributed by atoms with Gasteiger partial charge in [-0.05, 0) is 28.1 Å². The Balaban J connectivity index is 1.98. The topological polar surface area (TPSA) is 42.1 Å². The van der Waals surface area contributed by atoms with Crippen molar-refractivity contribution in [2.45, 2.75) is 17.9 Å². The number of rotatable bonds is 1. The molecule has 0 aliphatic carbocycles. The molecule has 6 heteroatoms. The molecule has 0 radical (unpaired) electrons. The van der Waals surface area contributed by atoms with Crippen molar-refractivity contribution in [3.63, 3.8) is 0 Å². The van der Waals surface area contributed by atoms with Gasteiger partial charge in [0, 0.05) is 21.6 Å². The molecule has 2 saturated heterocycles. The van der Waals surface area contributed by atoms with E-state index in [2.05, 4.69) is 31.9 Å². The standard InChI is InChI=1S/C12H9Br2NO3/c1-17-12-10(16)6-2-5(13)3-7(14)9(6)15(12)4-8-11(12)18-8/h2-3,8,11H,4H2,1H3/t8-,11-,12+/m1/s1. The molecule has 94 valence electrons. The van der Waals surface area contributed by atoms with E-state index >= 15 is 0 Å². The van der Waals surface area contributed by atoms with E-state index in [4.69, 9.17) is 9.47 Å². The highest BCUT2D eigenvalue weighted by Gasteiger charge is 2.72. The fourth-order valence-electron chi connectivity index (χ4n) is 3.13. The SMILES string of the molecule is CO[C@]12C(=O)c3cc(Br)cc(Br)c3N1C[C@H]1O[C@H]12. The summed E-state index contributed by atoms with van der Waals surface area (Å²) in [6.07, 6.45) is -0.00864. The van der Waals surface area contributed by atoms with Gasteiger partial charge in [-0.1, -0.05) is 15.9 Å². The zero-order valence-corrected chi connectivity index (χ0v) is 12.6. The van der Waals surface area contributed by atoms with Crippen molar-refractivity contribution in [3.8, 4) is 0 Å². The normalized spacial score (nSPS) is 35.5. The molecular formula is C12H9Br2NO3. The maximum absolute atomic E-state index is 12.7. The fourth-order valence-corrected chi connectivity index (χ4v) is 4.57. The summed E-state index contributed by atoms with van der Waals surface area (Å²) in [6, 6.07) is 3.79. The number of morpholine rings is 1. The number of ether oxygens (including phenoxy) is 2. The highest BCUT2D eigenvalue weighted by atomic mass is 79.9. The predicted octanol–water partition coefficient (Wildman–Crippen LogP) is 2.34. The number of nitrogens with zero attached hydrogens (tertiary/aromatic N) is 1. The summed E-state index contributed by atoms with van der Waals surface area (Å²) >= 11 is 6.95. The van der Waals surface area contributed by atoms with Crippen LogP contribution in [0.15, 0.2) is 21.1 Å². The van der Waals surface area contributed by atoms with E-state index < -0.39 is 5.72 Å². The molecule has 3 atom stereocenters. The predicted molar refractivity (Wildman–Crippen MR) is 71.9 cm³/mol. The third-order valence-corrected chi connectivity index (χ3v) is 4.97. The van der Waals surface area contributed by atoms with Crippen molar-refractivity contribution in [3.05, 3.63) is 26.6 Å². The number of fused-ring (bicyclic) bond motifs is 5. The first-order valence-electron chi connectivity index (χ1n) is 5.61. The lowest BCUT2D eigenvalue weighted by Crippen LogP contribution is -2.53. The number of epoxide rings is 1. The second-order valence-electron chi connectivity index (χ2n) is 4.72. The lowest BCUT2D eigenvalue weighted by atomic mass is 10.0. The average Bonchev–Trinajstić information content (AvgIpc) is 2.95. The van der Waals surface area contributed by atoms with Gasteiger partial charge in [0.15, 0.2) is 0 Å². The first-order valence-corrected chi connectivity index (χ1v) is 7.20. The van der Waals surface area contributed by atoms with Gasteiger partial charge >= 0.3 is 0 Å². The van der Waals surface area contributed by atoms with Gasteiger partial charge in [-0.25, -0.2) is 0 Å². The first-order chi connectivity index (χ1) is 8.59. The smallest absolute Gasteiger partial charge is 0.235 e. The van der Waals surface area contributed by atoms with Crippen LogP contribution in [0, 0.1) is 0 Å². The highest BCUT2D eigenvalue weighted by Crippen LogP contribution is 2.55. The van der Waals surface area contributed by atoms with Gasteiger partial charge in [-0.15, -0.1) is 0 Å². The molecule has 3 aliphatic heterocycles. The van der Waals surface area contributed by atoms with Gasteiger partial charge in [-0.3, -0.25) is 4.79 Å². The zero-order valence-electron chi connectivity index (χ0n) is 9.44. The van der Waals surface area contributed by atoms with Gasteiger partial charge < -0.3 is 14.4 Å². The van der Waals surface area contributed by atoms with Gasteiger partial charge in [0.05, 0.1) is 12.2 Å². The van der Waals surface area contributed by atoms with E-state index in [0.29, 0.717) is 12.1 Å². The number of ketones is 1. The molecule has 0 bridgehead atoms. The summed E-state index contributed by atoms with van der Waals surface area (Å²) < 4.78 is 12.9. The summed E-state index contributed by atoms with van der Waals surface area (Å²) in [4.78, 5) is 14.7. The van der Waals surface area contributed by atoms with E-state index in [1.807, 2.05) is 17.0 Å². The molecule has 3 aliphatic rings. The maximum atomic E-state index is 12.7. The van der Waals surface area contributed by atoms with Crippen LogP contribution in [-0.4, -0.2) is 37.4 Å². The molecule has 1 aromatic rings. The minimum absolute atomic E-state index is 0.00741. The second kappa shape index (κ2) is 3.36. The number of hydrogen-bond donors (Lipinski definition) is 0. The number of halogens is 2. The first kappa shape index (κ1) is 11.4. The molecule has 0 unspecified atom stereocenters. The van der Waals surface area contributed by atoms with Crippen LogP contribution < -0.4 is 4.90 Å². The Bertz CT molecular complexity index is 591. The zero-order chi connectivity index (χ0) is 12.7. The van der Waals surface area contributed by atoms with E-state index in [1.54, 1.807) is 7.11 Å². The number of benzene rings is 1. The van der Waals surface area contributed by atoms with Crippen molar-refractivity contribution in [2.24, 2.45) is 0 Å². The number of Topliss-reactive ketones (excluding diaryl/α,β-unsaturated/α-hetero) is 1. The molecular weight excluding hydrogens is 366 g/mol. The highest BCUT2D eigenvalue weighted by molar-refractivity contribution is 9.11. The van der Waals surface area contributed by atoms with Crippen LogP contribution in [0.2, 0.25) is 0 Å². The Morgan fingerprint density at radius 1 is 1.50 bits per heavy atom. The number of methoxy groups -OCH3 is 1. The Kier molecular flexibility index (Phi) is 2.13. The Hall–Kier alpha value is -0.430. The molecule has 0 saturated carbocycles. The largest absolute Gasteiger partial charge is 0.362 e. The van der Waals surface area contributed by atoms with Gasteiger partial charge in [0.2, 0.25) is 11.5 Å². The summed E-state index contributed by atoms with van der Waals surface area (Å²) in [7, 11) is 1.57. The second-order valence-corrected chi connectivity index (χ2v) is 6.49. The minimum Gasteiger partial charge on any atom is -0.362 e. The van der Waals surface area contributed by atoms with Crippen molar-refractivity contribution >= 4 is 43.3 Å². The average molecular weight is 375 g/mol. The number of hydrogen-bond acceptors (Lipinski definition) is 4. The van der Waals surface area contributed by atoms with Crippen LogP contribution >= 0.6 is 31.9 Å². The Morgan fingerprint density at radius 3 is 3.00 bits per heavy atom. The molecule has 18 heavy (non-hydrogen) atoms. The van der Waals surface area contributed by atoms with Crippen LogP contribution in [-0.2, 0) is 9.47 Å². The van der Waals surface area contributed by atoms with Crippen molar-refractivity contribution in [1.82, 2.24) is 0 Å². The third kappa shape index (κ3) is 1.11. The molecule has 4 rings (SSSR count). The van der Waals surface area contributed by atoms with Gasteiger partial charge in [-0.2, -0.15) is 0 Å². The lowest BCUT2D eigenvalue weighted by Gasteiger charge is -2.32. The van der Waals surface area contributed by atoms with Crippen molar-refractivity contribution in [2.75, 3.05) is 18.6 Å². The molecule has 0 spiro atoms. The van der Waals surface area contributed by atoms with Crippen LogP contribution in [0.1, 0.15) is 10.4 Å². The number of carbonyl (C=O) groups excluding carboxylic acids is 1. The summed E-state index contributed by atoms with van der Waals surface area (Å²) in [6.45, 7) is 0.706. The molecule has 2 fully saturated rings. The molecule has 0 amide bonds. The molecule has 3 heterocycles. The summed E-state index contributed by atoms with van der Waals surface area (Å²) in [5.41, 5.74) is 0.656.